The second kappa shape index (κ2) is 8.48. The highest BCUT2D eigenvalue weighted by Gasteiger charge is 2.45. The molecule has 1 aliphatic heterocycles. The standard InChI is InChI=1S/C22H27FO4/c1-3-14-5-7-15(8-6-14)10-17-11-16(9-4-13(17)2)22-21(26)20(25)19(23)18(12-24)27-22/h4-9,11,18-22,24-26H,3,10,12H2,1-2H3. The fraction of sp³-hybridized carbons (Fsp3) is 0.455. The monoisotopic (exact) mass is 374 g/mol. The van der Waals surface area contributed by atoms with Crippen molar-refractivity contribution >= 4 is 0 Å². The molecule has 5 atom stereocenters. The zero-order valence-electron chi connectivity index (χ0n) is 15.7. The summed E-state index contributed by atoms with van der Waals surface area (Å²) in [4.78, 5) is 0. The van der Waals surface area contributed by atoms with Crippen LogP contribution in [0.2, 0.25) is 0 Å². The molecule has 5 heteroatoms. The van der Waals surface area contributed by atoms with E-state index < -0.39 is 37.2 Å². The number of ether oxygens (including phenoxy) is 1. The van der Waals surface area contributed by atoms with Gasteiger partial charge in [-0.1, -0.05) is 49.4 Å². The second-order valence-corrected chi connectivity index (χ2v) is 7.24. The lowest BCUT2D eigenvalue weighted by atomic mass is 9.89. The SMILES string of the molecule is CCc1ccc(Cc2cc(C3OC(CO)C(F)C(O)C3O)ccc2C)cc1. The molecule has 0 spiro atoms. The Morgan fingerprint density at radius 1 is 1.00 bits per heavy atom. The van der Waals surface area contributed by atoms with E-state index in [0.717, 1.165) is 24.0 Å². The lowest BCUT2D eigenvalue weighted by Crippen LogP contribution is -2.53. The molecule has 0 aromatic heterocycles. The van der Waals surface area contributed by atoms with Crippen LogP contribution in [0.3, 0.4) is 0 Å². The van der Waals surface area contributed by atoms with Gasteiger partial charge in [0.2, 0.25) is 0 Å². The van der Waals surface area contributed by atoms with E-state index in [1.165, 1.54) is 11.1 Å². The maximum atomic E-state index is 14.0. The summed E-state index contributed by atoms with van der Waals surface area (Å²) in [6, 6.07) is 14.1. The van der Waals surface area contributed by atoms with Crippen molar-refractivity contribution < 1.29 is 24.4 Å². The average Bonchev–Trinajstić information content (AvgIpc) is 2.69. The topological polar surface area (TPSA) is 69.9 Å². The van der Waals surface area contributed by atoms with Gasteiger partial charge in [0.05, 0.1) is 6.61 Å². The van der Waals surface area contributed by atoms with Gasteiger partial charge in [-0.05, 0) is 47.6 Å². The number of hydrogen-bond donors (Lipinski definition) is 3. The number of aliphatic hydroxyl groups excluding tert-OH is 3. The van der Waals surface area contributed by atoms with Crippen molar-refractivity contribution in [1.29, 1.82) is 0 Å². The van der Waals surface area contributed by atoms with Crippen LogP contribution in [0.4, 0.5) is 4.39 Å². The molecular weight excluding hydrogens is 347 g/mol. The maximum absolute atomic E-state index is 14.0. The number of alkyl halides is 1. The summed E-state index contributed by atoms with van der Waals surface area (Å²) in [6.07, 6.45) is -5.11. The summed E-state index contributed by atoms with van der Waals surface area (Å²) in [5.41, 5.74) is 5.30. The molecule has 1 fully saturated rings. The van der Waals surface area contributed by atoms with Gasteiger partial charge in [-0.25, -0.2) is 4.39 Å². The summed E-state index contributed by atoms with van der Waals surface area (Å²) in [5, 5.41) is 29.6. The summed E-state index contributed by atoms with van der Waals surface area (Å²) in [5.74, 6) is 0. The van der Waals surface area contributed by atoms with Gasteiger partial charge in [0, 0.05) is 0 Å². The van der Waals surface area contributed by atoms with Crippen LogP contribution in [0.25, 0.3) is 0 Å². The Labute approximate surface area is 159 Å². The highest BCUT2D eigenvalue weighted by Crippen LogP contribution is 2.34. The van der Waals surface area contributed by atoms with Crippen LogP contribution in [-0.2, 0) is 17.6 Å². The molecule has 0 amide bonds. The molecule has 0 radical (unpaired) electrons. The van der Waals surface area contributed by atoms with Crippen LogP contribution in [0.5, 0.6) is 0 Å². The summed E-state index contributed by atoms with van der Waals surface area (Å²) >= 11 is 0. The van der Waals surface area contributed by atoms with Gasteiger partial charge in [-0.15, -0.1) is 0 Å². The van der Waals surface area contributed by atoms with E-state index in [9.17, 15) is 19.7 Å². The maximum Gasteiger partial charge on any atom is 0.157 e. The van der Waals surface area contributed by atoms with Crippen molar-refractivity contribution in [2.75, 3.05) is 6.61 Å². The highest BCUT2D eigenvalue weighted by molar-refractivity contribution is 5.37. The van der Waals surface area contributed by atoms with Crippen molar-refractivity contribution in [3.8, 4) is 0 Å². The summed E-state index contributed by atoms with van der Waals surface area (Å²) in [6.45, 7) is 3.58. The van der Waals surface area contributed by atoms with Crippen LogP contribution < -0.4 is 0 Å². The van der Waals surface area contributed by atoms with Crippen molar-refractivity contribution in [2.24, 2.45) is 0 Å². The number of benzene rings is 2. The molecule has 2 aromatic rings. The van der Waals surface area contributed by atoms with Crippen molar-refractivity contribution in [1.82, 2.24) is 0 Å². The minimum absolute atomic E-state index is 0.552. The Hall–Kier alpha value is -1.79. The minimum atomic E-state index is -1.82. The molecule has 1 aliphatic rings. The van der Waals surface area contributed by atoms with Crippen LogP contribution in [0.15, 0.2) is 42.5 Å². The molecular formula is C22H27FO4. The Balaban J connectivity index is 1.85. The molecule has 3 rings (SSSR count). The highest BCUT2D eigenvalue weighted by atomic mass is 19.1. The lowest BCUT2D eigenvalue weighted by molar-refractivity contribution is -0.214. The molecule has 146 valence electrons. The third-order valence-corrected chi connectivity index (χ3v) is 5.37. The number of aryl methyl sites for hydroxylation is 2. The summed E-state index contributed by atoms with van der Waals surface area (Å²) < 4.78 is 19.5. The predicted molar refractivity (Wildman–Crippen MR) is 101 cm³/mol. The Kier molecular flexibility index (Phi) is 6.27. The summed E-state index contributed by atoms with van der Waals surface area (Å²) in [7, 11) is 0. The number of rotatable bonds is 5. The van der Waals surface area contributed by atoms with Gasteiger partial charge in [0.15, 0.2) is 6.17 Å². The van der Waals surface area contributed by atoms with Gasteiger partial charge in [-0.2, -0.15) is 0 Å². The Morgan fingerprint density at radius 3 is 2.30 bits per heavy atom. The molecule has 3 N–H and O–H groups in total. The fourth-order valence-electron chi connectivity index (χ4n) is 3.52. The van der Waals surface area contributed by atoms with Crippen molar-refractivity contribution in [3.05, 3.63) is 70.3 Å². The van der Waals surface area contributed by atoms with Crippen LogP contribution in [-0.4, -0.2) is 46.4 Å². The van der Waals surface area contributed by atoms with E-state index in [1.54, 1.807) is 0 Å². The Bertz CT molecular complexity index is 759. The number of hydrogen-bond acceptors (Lipinski definition) is 4. The van der Waals surface area contributed by atoms with Gasteiger partial charge >= 0.3 is 0 Å². The third-order valence-electron chi connectivity index (χ3n) is 5.37. The number of aliphatic hydroxyl groups is 3. The van der Waals surface area contributed by atoms with E-state index in [-0.39, 0.29) is 0 Å². The van der Waals surface area contributed by atoms with E-state index >= 15 is 0 Å². The van der Waals surface area contributed by atoms with Crippen molar-refractivity contribution in [3.63, 3.8) is 0 Å². The first kappa shape index (κ1) is 20.0. The largest absolute Gasteiger partial charge is 0.394 e. The van der Waals surface area contributed by atoms with Crippen LogP contribution in [0.1, 0.15) is 40.8 Å². The van der Waals surface area contributed by atoms with E-state index in [4.69, 9.17) is 4.74 Å². The molecule has 27 heavy (non-hydrogen) atoms. The van der Waals surface area contributed by atoms with Gasteiger partial charge in [0.1, 0.15) is 24.4 Å². The molecule has 4 nitrogen and oxygen atoms in total. The van der Waals surface area contributed by atoms with E-state index in [2.05, 4.69) is 31.2 Å². The first-order valence-corrected chi connectivity index (χ1v) is 9.38. The van der Waals surface area contributed by atoms with E-state index in [1.807, 2.05) is 25.1 Å². The first-order valence-electron chi connectivity index (χ1n) is 9.38. The van der Waals surface area contributed by atoms with Gasteiger partial charge in [0.25, 0.3) is 0 Å². The molecule has 1 saturated heterocycles. The molecule has 2 aromatic carbocycles. The number of halogens is 1. The molecule has 5 unspecified atom stereocenters. The molecule has 1 heterocycles. The zero-order chi connectivity index (χ0) is 19.6. The van der Waals surface area contributed by atoms with Crippen LogP contribution >= 0.6 is 0 Å². The van der Waals surface area contributed by atoms with Gasteiger partial charge < -0.3 is 20.1 Å². The normalized spacial score (nSPS) is 28.3. The fourth-order valence-corrected chi connectivity index (χ4v) is 3.52. The predicted octanol–water partition coefficient (Wildman–Crippen LogP) is 2.64. The van der Waals surface area contributed by atoms with Crippen molar-refractivity contribution in [2.45, 2.75) is 57.3 Å². The third kappa shape index (κ3) is 4.22. The zero-order valence-corrected chi connectivity index (χ0v) is 15.7. The minimum Gasteiger partial charge on any atom is -0.394 e. The molecule has 0 aliphatic carbocycles. The quantitative estimate of drug-likeness (QED) is 0.753. The first-order chi connectivity index (χ1) is 12.9. The lowest BCUT2D eigenvalue weighted by Gasteiger charge is -2.39. The van der Waals surface area contributed by atoms with E-state index in [0.29, 0.717) is 5.56 Å². The second-order valence-electron chi connectivity index (χ2n) is 7.24. The molecule has 0 bridgehead atoms. The van der Waals surface area contributed by atoms with Crippen LogP contribution in [0, 0.1) is 6.92 Å². The Morgan fingerprint density at radius 2 is 1.67 bits per heavy atom. The molecule has 0 saturated carbocycles. The average molecular weight is 374 g/mol. The van der Waals surface area contributed by atoms with Gasteiger partial charge in [-0.3, -0.25) is 0 Å². The smallest absolute Gasteiger partial charge is 0.157 e.